The maximum atomic E-state index is 13.0. The van der Waals surface area contributed by atoms with Crippen LogP contribution in [0.4, 0.5) is 11.5 Å². The first-order valence-corrected chi connectivity index (χ1v) is 11.7. The summed E-state index contributed by atoms with van der Waals surface area (Å²) in [4.78, 5) is 37.7. The van der Waals surface area contributed by atoms with Gasteiger partial charge >= 0.3 is 0 Å². The zero-order valence-corrected chi connectivity index (χ0v) is 22.0. The molecule has 0 saturated carbocycles. The summed E-state index contributed by atoms with van der Waals surface area (Å²) in [5, 5.41) is 18.5. The first-order valence-electron chi connectivity index (χ1n) is 11.7. The van der Waals surface area contributed by atoms with E-state index in [-0.39, 0.29) is 40.9 Å². The lowest BCUT2D eigenvalue weighted by Gasteiger charge is -2.25. The Morgan fingerprint density at radius 3 is 2.23 bits per heavy atom. The predicted molar refractivity (Wildman–Crippen MR) is 138 cm³/mol. The fraction of sp³-hybridized carbons (Fsp3) is 0.500. The van der Waals surface area contributed by atoms with Gasteiger partial charge in [0.1, 0.15) is 12.4 Å². The number of nitro groups is 1. The van der Waals surface area contributed by atoms with Crippen molar-refractivity contribution in [2.45, 2.75) is 66.3 Å². The molecule has 1 N–H and O–H groups in total. The van der Waals surface area contributed by atoms with E-state index in [1.165, 1.54) is 23.1 Å². The maximum absolute atomic E-state index is 13.0. The van der Waals surface area contributed by atoms with Gasteiger partial charge in [-0.1, -0.05) is 34.6 Å². The van der Waals surface area contributed by atoms with E-state index in [1.807, 2.05) is 40.7 Å². The molecule has 0 saturated heterocycles. The van der Waals surface area contributed by atoms with Crippen LogP contribution in [0.5, 0.6) is 0 Å². The SMILES string of the molecule is CC(C)CN(CC(=O)Nc1cc(C(C)(C)C)nn1C(C)(C)C)C(=O)/C=C/c1ccc([N+](=O)[O-])cc1. The largest absolute Gasteiger partial charge is 0.330 e. The fourth-order valence-corrected chi connectivity index (χ4v) is 3.36. The molecule has 0 bridgehead atoms. The van der Waals surface area contributed by atoms with Crippen molar-refractivity contribution in [3.8, 4) is 0 Å². The Balaban J connectivity index is 2.19. The summed E-state index contributed by atoms with van der Waals surface area (Å²) in [5.41, 5.74) is 0.979. The van der Waals surface area contributed by atoms with Crippen molar-refractivity contribution in [2.75, 3.05) is 18.4 Å². The number of nitrogens with zero attached hydrogens (tertiary/aromatic N) is 4. The first-order chi connectivity index (χ1) is 16.1. The lowest BCUT2D eigenvalue weighted by molar-refractivity contribution is -0.384. The highest BCUT2D eigenvalue weighted by Crippen LogP contribution is 2.28. The topological polar surface area (TPSA) is 110 Å². The summed E-state index contributed by atoms with van der Waals surface area (Å²) in [6.45, 7) is 16.5. The number of nitro benzene ring substituents is 1. The number of rotatable bonds is 8. The summed E-state index contributed by atoms with van der Waals surface area (Å²) >= 11 is 0. The minimum Gasteiger partial charge on any atom is -0.330 e. The summed E-state index contributed by atoms with van der Waals surface area (Å²) in [5.74, 6) is 0.124. The number of hydrogen-bond acceptors (Lipinski definition) is 5. The smallest absolute Gasteiger partial charge is 0.269 e. The van der Waals surface area contributed by atoms with Gasteiger partial charge in [0.2, 0.25) is 11.8 Å². The molecule has 0 aliphatic heterocycles. The molecule has 0 fully saturated rings. The average molecular weight is 484 g/mol. The van der Waals surface area contributed by atoms with Crippen molar-refractivity contribution >= 4 is 29.4 Å². The Morgan fingerprint density at radius 2 is 1.74 bits per heavy atom. The second kappa shape index (κ2) is 10.8. The molecule has 2 rings (SSSR count). The Labute approximate surface area is 207 Å². The first kappa shape index (κ1) is 27.8. The average Bonchev–Trinajstić information content (AvgIpc) is 3.16. The molecule has 2 aromatic rings. The zero-order valence-electron chi connectivity index (χ0n) is 22.0. The van der Waals surface area contributed by atoms with Crippen molar-refractivity contribution in [1.82, 2.24) is 14.7 Å². The van der Waals surface area contributed by atoms with Crippen molar-refractivity contribution in [1.29, 1.82) is 0 Å². The van der Waals surface area contributed by atoms with Gasteiger partial charge in [0.05, 0.1) is 16.2 Å². The quantitative estimate of drug-likeness (QED) is 0.323. The van der Waals surface area contributed by atoms with E-state index in [0.717, 1.165) is 5.69 Å². The van der Waals surface area contributed by atoms with Crippen LogP contribution in [0, 0.1) is 16.0 Å². The standard InChI is InChI=1S/C26H37N5O4/c1-18(2)16-29(24(33)14-11-19-9-12-20(13-10-19)31(34)35)17-23(32)27-22-15-21(25(3,4)5)28-30(22)26(6,7)8/h9-15,18H,16-17H2,1-8H3,(H,27,32)/b14-11+. The van der Waals surface area contributed by atoms with E-state index >= 15 is 0 Å². The number of anilines is 1. The molecule has 1 heterocycles. The zero-order chi connectivity index (χ0) is 26.6. The molecular formula is C26H37N5O4. The number of aromatic nitrogens is 2. The summed E-state index contributed by atoms with van der Waals surface area (Å²) in [6.07, 6.45) is 2.97. The van der Waals surface area contributed by atoms with Gasteiger partial charge in [0, 0.05) is 36.2 Å². The lowest BCUT2D eigenvalue weighted by atomic mass is 9.92. The van der Waals surface area contributed by atoms with Gasteiger partial charge in [-0.05, 0) is 50.5 Å². The highest BCUT2D eigenvalue weighted by Gasteiger charge is 2.26. The molecule has 0 aliphatic rings. The minimum absolute atomic E-state index is 0.0179. The van der Waals surface area contributed by atoms with E-state index in [4.69, 9.17) is 5.10 Å². The van der Waals surface area contributed by atoms with Gasteiger partial charge in [-0.2, -0.15) is 5.10 Å². The van der Waals surface area contributed by atoms with E-state index < -0.39 is 4.92 Å². The van der Waals surface area contributed by atoms with Crippen LogP contribution in [0.1, 0.15) is 66.6 Å². The summed E-state index contributed by atoms with van der Waals surface area (Å²) < 4.78 is 1.80. The molecule has 0 spiro atoms. The molecule has 1 aromatic heterocycles. The van der Waals surface area contributed by atoms with Gasteiger partial charge in [0.25, 0.3) is 5.69 Å². The van der Waals surface area contributed by atoms with Crippen molar-refractivity contribution < 1.29 is 14.5 Å². The molecule has 35 heavy (non-hydrogen) atoms. The van der Waals surface area contributed by atoms with Crippen LogP contribution >= 0.6 is 0 Å². The summed E-state index contributed by atoms with van der Waals surface area (Å²) in [6, 6.07) is 7.79. The molecule has 0 unspecified atom stereocenters. The van der Waals surface area contributed by atoms with Crippen LogP contribution in [0.3, 0.4) is 0 Å². The predicted octanol–water partition coefficient (Wildman–Crippen LogP) is 4.98. The number of carbonyl (C=O) groups excluding carboxylic acids is 2. The number of carbonyl (C=O) groups is 2. The van der Waals surface area contributed by atoms with Gasteiger partial charge in [-0.25, -0.2) is 4.68 Å². The lowest BCUT2D eigenvalue weighted by Crippen LogP contribution is -2.40. The highest BCUT2D eigenvalue weighted by atomic mass is 16.6. The molecular weight excluding hydrogens is 446 g/mol. The molecule has 2 amide bonds. The third-order valence-electron chi connectivity index (χ3n) is 5.13. The van der Waals surface area contributed by atoms with Crippen molar-refractivity contribution in [3.63, 3.8) is 0 Å². The molecule has 9 nitrogen and oxygen atoms in total. The van der Waals surface area contributed by atoms with Crippen LogP contribution in [0.2, 0.25) is 0 Å². The number of nitrogens with one attached hydrogen (secondary N) is 1. The number of benzene rings is 1. The van der Waals surface area contributed by atoms with E-state index in [2.05, 4.69) is 26.1 Å². The second-order valence-corrected chi connectivity index (χ2v) is 11.1. The molecule has 1 aromatic carbocycles. The highest BCUT2D eigenvalue weighted by molar-refractivity contribution is 5.97. The summed E-state index contributed by atoms with van der Waals surface area (Å²) in [7, 11) is 0. The third-order valence-corrected chi connectivity index (χ3v) is 5.13. The number of hydrogen-bond donors (Lipinski definition) is 1. The Kier molecular flexibility index (Phi) is 8.59. The van der Waals surface area contributed by atoms with Gasteiger partial charge in [-0.15, -0.1) is 0 Å². The van der Waals surface area contributed by atoms with E-state index in [1.54, 1.807) is 22.9 Å². The number of amides is 2. The molecule has 0 atom stereocenters. The van der Waals surface area contributed by atoms with Crippen LogP contribution in [-0.4, -0.2) is 44.5 Å². The number of non-ortho nitro benzene ring substituents is 1. The Morgan fingerprint density at radius 1 is 1.14 bits per heavy atom. The molecule has 190 valence electrons. The maximum Gasteiger partial charge on any atom is 0.269 e. The monoisotopic (exact) mass is 483 g/mol. The fourth-order valence-electron chi connectivity index (χ4n) is 3.36. The van der Waals surface area contributed by atoms with Gasteiger partial charge in [0.15, 0.2) is 0 Å². The third kappa shape index (κ3) is 8.05. The van der Waals surface area contributed by atoms with E-state index in [9.17, 15) is 19.7 Å². The van der Waals surface area contributed by atoms with Crippen LogP contribution in [0.25, 0.3) is 6.08 Å². The van der Waals surface area contributed by atoms with Gasteiger partial charge < -0.3 is 10.2 Å². The van der Waals surface area contributed by atoms with E-state index in [0.29, 0.717) is 17.9 Å². The van der Waals surface area contributed by atoms with Crippen molar-refractivity contribution in [2.24, 2.45) is 5.92 Å². The molecule has 0 aliphatic carbocycles. The van der Waals surface area contributed by atoms with Crippen LogP contribution in [0.15, 0.2) is 36.4 Å². The van der Waals surface area contributed by atoms with Crippen molar-refractivity contribution in [3.05, 3.63) is 57.8 Å². The molecule has 9 heteroatoms. The molecule has 0 radical (unpaired) electrons. The minimum atomic E-state index is -0.475. The normalized spacial score (nSPS) is 12.3. The second-order valence-electron chi connectivity index (χ2n) is 11.1. The van der Waals surface area contributed by atoms with Crippen LogP contribution in [-0.2, 0) is 20.5 Å². The van der Waals surface area contributed by atoms with Gasteiger partial charge in [-0.3, -0.25) is 19.7 Å². The Bertz CT molecular complexity index is 1090. The Hall–Kier alpha value is -3.49. The van der Waals surface area contributed by atoms with Crippen LogP contribution < -0.4 is 5.32 Å².